The van der Waals surface area contributed by atoms with Gasteiger partial charge >= 0.3 is 0 Å². The van der Waals surface area contributed by atoms with E-state index in [9.17, 15) is 17.4 Å². The molecule has 0 spiro atoms. The van der Waals surface area contributed by atoms with Gasteiger partial charge < -0.3 is 5.32 Å². The minimum atomic E-state index is -3.73. The van der Waals surface area contributed by atoms with Crippen LogP contribution >= 0.6 is 22.0 Å². The first-order valence-electron chi connectivity index (χ1n) is 5.82. The van der Waals surface area contributed by atoms with Gasteiger partial charge in [0.15, 0.2) is 0 Å². The highest BCUT2D eigenvalue weighted by atomic mass is 35.7. The monoisotopic (exact) mass is 357 g/mol. The van der Waals surface area contributed by atoms with Crippen molar-refractivity contribution >= 4 is 47.8 Å². The highest BCUT2D eigenvalue weighted by molar-refractivity contribution is 8.15. The number of hydrogen-bond acceptors (Lipinski definition) is 5. The maximum Gasteiger partial charge on any atom is 0.270 e. The molecule has 0 aliphatic rings. The molecule has 1 amide bonds. The van der Waals surface area contributed by atoms with Gasteiger partial charge in [-0.25, -0.2) is 8.42 Å². The van der Waals surface area contributed by atoms with Gasteiger partial charge in [0.25, 0.3) is 9.05 Å². The molecule has 9 heteroatoms. The molecule has 0 fully saturated rings. The topological polar surface area (TPSA) is 80.3 Å². The van der Waals surface area contributed by atoms with Crippen LogP contribution in [-0.4, -0.2) is 36.6 Å². The average Bonchev–Trinajstić information content (AvgIpc) is 2.76. The fourth-order valence-electron chi connectivity index (χ4n) is 1.39. The van der Waals surface area contributed by atoms with E-state index >= 15 is 0 Å². The van der Waals surface area contributed by atoms with E-state index in [1.807, 2.05) is 6.92 Å². The molecular weight excluding hydrogens is 342 g/mol. The first-order valence-corrected chi connectivity index (χ1v) is 10.6. The lowest BCUT2D eigenvalue weighted by molar-refractivity contribution is -0.120. The largest absolute Gasteiger partial charge is 0.356 e. The Morgan fingerprint density at radius 2 is 2.15 bits per heavy atom. The van der Waals surface area contributed by atoms with Crippen molar-refractivity contribution in [3.63, 3.8) is 0 Å². The number of nitrogens with one attached hydrogen (secondary N) is 1. The van der Waals surface area contributed by atoms with Crippen LogP contribution < -0.4 is 5.32 Å². The summed E-state index contributed by atoms with van der Waals surface area (Å²) >= 11 is 0.983. The van der Waals surface area contributed by atoms with Crippen molar-refractivity contribution in [2.24, 2.45) is 0 Å². The lowest BCUT2D eigenvalue weighted by Crippen LogP contribution is -2.28. The highest BCUT2D eigenvalue weighted by Gasteiger charge is 2.14. The van der Waals surface area contributed by atoms with Crippen molar-refractivity contribution in [1.29, 1.82) is 0 Å². The lowest BCUT2D eigenvalue weighted by Gasteiger charge is -2.08. The van der Waals surface area contributed by atoms with Gasteiger partial charge in [0.05, 0.1) is 6.42 Å². The molecule has 0 saturated heterocycles. The molecule has 1 N–H and O–H groups in total. The Kier molecular flexibility index (Phi) is 6.63. The fraction of sp³-hybridized carbons (Fsp3) is 0.545. The quantitative estimate of drug-likeness (QED) is 0.750. The van der Waals surface area contributed by atoms with E-state index in [4.69, 9.17) is 10.7 Å². The van der Waals surface area contributed by atoms with Crippen LogP contribution in [0.25, 0.3) is 0 Å². The third-order valence-electron chi connectivity index (χ3n) is 2.65. The summed E-state index contributed by atoms with van der Waals surface area (Å²) in [6.07, 6.45) is 2.38. The number of thiophene rings is 1. The normalized spacial score (nSPS) is 14.8. The summed E-state index contributed by atoms with van der Waals surface area (Å²) in [6.45, 7) is 2.31. The van der Waals surface area contributed by atoms with Gasteiger partial charge in [-0.15, -0.1) is 11.3 Å². The lowest BCUT2D eigenvalue weighted by atomic mass is 10.3. The van der Waals surface area contributed by atoms with Crippen LogP contribution in [0.4, 0.5) is 0 Å². The van der Waals surface area contributed by atoms with Crippen molar-refractivity contribution in [3.05, 3.63) is 17.0 Å². The standard InChI is InChI=1S/C11H16ClNO4S3/c1-8(19(2)15)5-6-13-10(14)7-9-3-4-11(18-9)20(12,16)17/h3-4,8H,5-7H2,1-2H3,(H,13,14). The van der Waals surface area contributed by atoms with Crippen molar-refractivity contribution in [1.82, 2.24) is 5.32 Å². The molecule has 0 saturated carbocycles. The minimum absolute atomic E-state index is 0.0324. The van der Waals surface area contributed by atoms with E-state index in [2.05, 4.69) is 5.32 Å². The van der Waals surface area contributed by atoms with Gasteiger partial charge in [0.2, 0.25) is 5.91 Å². The second-order valence-corrected chi connectivity index (χ2v) is 10.0. The molecule has 0 bridgehead atoms. The molecule has 0 aliphatic heterocycles. The van der Waals surface area contributed by atoms with Gasteiger partial charge in [0.1, 0.15) is 4.21 Å². The zero-order valence-corrected chi connectivity index (χ0v) is 14.3. The van der Waals surface area contributed by atoms with Gasteiger partial charge in [-0.1, -0.05) is 6.92 Å². The van der Waals surface area contributed by atoms with E-state index in [0.717, 1.165) is 11.3 Å². The van der Waals surface area contributed by atoms with Gasteiger partial charge in [-0.2, -0.15) is 0 Å². The van der Waals surface area contributed by atoms with E-state index in [-0.39, 0.29) is 21.8 Å². The van der Waals surface area contributed by atoms with Crippen LogP contribution in [0.5, 0.6) is 0 Å². The van der Waals surface area contributed by atoms with Crippen LogP contribution in [0.2, 0.25) is 0 Å². The first kappa shape index (κ1) is 17.6. The second kappa shape index (κ2) is 7.53. The summed E-state index contributed by atoms with van der Waals surface area (Å²) in [6, 6.07) is 2.96. The number of rotatable bonds is 7. The van der Waals surface area contributed by atoms with E-state index in [1.54, 1.807) is 12.3 Å². The molecule has 0 radical (unpaired) electrons. The number of carbonyl (C=O) groups is 1. The van der Waals surface area contributed by atoms with E-state index in [0.29, 0.717) is 17.8 Å². The summed E-state index contributed by atoms with van der Waals surface area (Å²) in [5.41, 5.74) is 0. The van der Waals surface area contributed by atoms with Crippen LogP contribution in [-0.2, 0) is 31.1 Å². The third kappa shape index (κ3) is 5.90. The van der Waals surface area contributed by atoms with Gasteiger partial charge in [-0.05, 0) is 18.6 Å². The summed E-state index contributed by atoms with van der Waals surface area (Å²) in [5.74, 6) is -0.195. The van der Waals surface area contributed by atoms with Crippen molar-refractivity contribution < 1.29 is 17.4 Å². The Hall–Kier alpha value is -0.440. The Bertz CT molecular complexity index is 597. The SMILES string of the molecule is CC(CCNC(=O)Cc1ccc(S(=O)(=O)Cl)s1)S(C)=O. The predicted molar refractivity (Wildman–Crippen MR) is 82.2 cm³/mol. The van der Waals surface area contributed by atoms with Crippen molar-refractivity contribution in [2.45, 2.75) is 29.2 Å². The maximum atomic E-state index is 11.7. The van der Waals surface area contributed by atoms with Crippen LogP contribution in [0.1, 0.15) is 18.2 Å². The van der Waals surface area contributed by atoms with Gasteiger partial charge in [-0.3, -0.25) is 9.00 Å². The van der Waals surface area contributed by atoms with Gasteiger partial charge in [0, 0.05) is 44.4 Å². The Labute approximate surface area is 129 Å². The third-order valence-corrected chi connectivity index (χ3v) is 7.20. The molecule has 2 unspecified atom stereocenters. The second-order valence-electron chi connectivity index (χ2n) is 4.28. The summed E-state index contributed by atoms with van der Waals surface area (Å²) in [7, 11) is 0.579. The molecule has 5 nitrogen and oxygen atoms in total. The minimum Gasteiger partial charge on any atom is -0.356 e. The molecule has 20 heavy (non-hydrogen) atoms. The number of hydrogen-bond donors (Lipinski definition) is 1. The Morgan fingerprint density at radius 3 is 2.65 bits per heavy atom. The smallest absolute Gasteiger partial charge is 0.270 e. The molecular formula is C11H16ClNO4S3. The average molecular weight is 358 g/mol. The molecule has 1 rings (SSSR count). The zero-order chi connectivity index (χ0) is 15.3. The molecule has 1 aromatic heterocycles. The summed E-state index contributed by atoms with van der Waals surface area (Å²) < 4.78 is 33.4. The Morgan fingerprint density at radius 1 is 1.50 bits per heavy atom. The van der Waals surface area contributed by atoms with E-state index in [1.165, 1.54) is 6.07 Å². The molecule has 0 aliphatic carbocycles. The van der Waals surface area contributed by atoms with Crippen LogP contribution in [0, 0.1) is 0 Å². The predicted octanol–water partition coefficient (Wildman–Crippen LogP) is 1.49. The molecule has 0 aromatic carbocycles. The summed E-state index contributed by atoms with van der Waals surface area (Å²) in [5, 5.41) is 2.75. The Balaban J connectivity index is 2.43. The van der Waals surface area contributed by atoms with Crippen LogP contribution in [0.15, 0.2) is 16.3 Å². The number of carbonyl (C=O) groups excluding carboxylic acids is 1. The molecule has 2 atom stereocenters. The number of halogens is 1. The molecule has 1 aromatic rings. The first-order chi connectivity index (χ1) is 9.20. The summed E-state index contributed by atoms with van der Waals surface area (Å²) in [4.78, 5) is 12.3. The number of amides is 1. The molecule has 114 valence electrons. The maximum absolute atomic E-state index is 11.7. The van der Waals surface area contributed by atoms with Crippen LogP contribution in [0.3, 0.4) is 0 Å². The van der Waals surface area contributed by atoms with Crippen molar-refractivity contribution in [2.75, 3.05) is 12.8 Å². The highest BCUT2D eigenvalue weighted by Crippen LogP contribution is 2.24. The van der Waals surface area contributed by atoms with Crippen molar-refractivity contribution in [3.8, 4) is 0 Å². The van der Waals surface area contributed by atoms with E-state index < -0.39 is 19.9 Å². The zero-order valence-electron chi connectivity index (χ0n) is 11.1. The fourth-order valence-corrected chi connectivity index (χ4v) is 3.96. The molecule has 1 heterocycles.